The molecule has 2 rings (SSSR count). The van der Waals surface area contributed by atoms with Gasteiger partial charge in [-0.05, 0) is 39.7 Å². The first-order valence-electron chi connectivity index (χ1n) is 7.42. The van der Waals surface area contributed by atoms with E-state index in [9.17, 15) is 9.59 Å². The van der Waals surface area contributed by atoms with E-state index in [0.717, 1.165) is 32.4 Å². The summed E-state index contributed by atoms with van der Waals surface area (Å²) in [6.45, 7) is 7.55. The molecular formula is C14H25N3O3. The van der Waals surface area contributed by atoms with Gasteiger partial charge in [0.15, 0.2) is 0 Å². The van der Waals surface area contributed by atoms with Crippen LogP contribution in [0, 0.1) is 0 Å². The standard InChI is InChI=1S/C14H25N3O3/c1-14(2)10-11(4-9-20-14)16-12(18)13(19)17-7-3-5-15-6-8-17/h11,15H,3-10H2,1-2H3,(H,16,18). The van der Waals surface area contributed by atoms with Crippen LogP contribution >= 0.6 is 0 Å². The van der Waals surface area contributed by atoms with Crippen molar-refractivity contribution >= 4 is 11.8 Å². The minimum Gasteiger partial charge on any atom is -0.375 e. The van der Waals surface area contributed by atoms with Gasteiger partial charge in [-0.3, -0.25) is 9.59 Å². The maximum atomic E-state index is 12.1. The van der Waals surface area contributed by atoms with Gasteiger partial charge in [0.1, 0.15) is 0 Å². The molecule has 6 nitrogen and oxygen atoms in total. The van der Waals surface area contributed by atoms with Crippen molar-refractivity contribution in [3.8, 4) is 0 Å². The highest BCUT2D eigenvalue weighted by molar-refractivity contribution is 6.35. The van der Waals surface area contributed by atoms with Gasteiger partial charge in [-0.2, -0.15) is 0 Å². The molecule has 0 aromatic rings. The van der Waals surface area contributed by atoms with Gasteiger partial charge in [-0.1, -0.05) is 0 Å². The van der Waals surface area contributed by atoms with Crippen LogP contribution in [-0.2, 0) is 14.3 Å². The molecule has 20 heavy (non-hydrogen) atoms. The van der Waals surface area contributed by atoms with E-state index in [4.69, 9.17) is 4.74 Å². The maximum Gasteiger partial charge on any atom is 0.311 e. The molecule has 1 unspecified atom stereocenters. The van der Waals surface area contributed by atoms with Gasteiger partial charge in [0.2, 0.25) is 0 Å². The fraction of sp³-hybridized carbons (Fsp3) is 0.857. The average Bonchev–Trinajstić information content (AvgIpc) is 2.65. The van der Waals surface area contributed by atoms with Gasteiger partial charge >= 0.3 is 11.8 Å². The molecule has 0 aliphatic carbocycles. The van der Waals surface area contributed by atoms with E-state index in [1.165, 1.54) is 0 Å². The van der Waals surface area contributed by atoms with E-state index in [0.29, 0.717) is 19.7 Å². The summed E-state index contributed by atoms with van der Waals surface area (Å²) in [5.74, 6) is -0.882. The highest BCUT2D eigenvalue weighted by atomic mass is 16.5. The Bertz CT molecular complexity index is 363. The summed E-state index contributed by atoms with van der Waals surface area (Å²) in [5, 5.41) is 6.08. The summed E-state index contributed by atoms with van der Waals surface area (Å²) in [6, 6.07) is 0.0281. The van der Waals surface area contributed by atoms with Crippen molar-refractivity contribution in [2.24, 2.45) is 0 Å². The molecule has 0 aromatic carbocycles. The maximum absolute atomic E-state index is 12.1. The lowest BCUT2D eigenvalue weighted by Gasteiger charge is -2.35. The number of amides is 2. The van der Waals surface area contributed by atoms with Gasteiger partial charge in [0.25, 0.3) is 0 Å². The highest BCUT2D eigenvalue weighted by Crippen LogP contribution is 2.23. The molecule has 2 saturated heterocycles. The molecule has 0 spiro atoms. The van der Waals surface area contributed by atoms with Crippen molar-refractivity contribution in [3.05, 3.63) is 0 Å². The smallest absolute Gasteiger partial charge is 0.311 e. The second-order valence-electron chi connectivity index (χ2n) is 6.17. The van der Waals surface area contributed by atoms with E-state index >= 15 is 0 Å². The second-order valence-corrected chi connectivity index (χ2v) is 6.17. The Labute approximate surface area is 120 Å². The zero-order chi connectivity index (χ0) is 14.6. The van der Waals surface area contributed by atoms with Crippen LogP contribution in [0.25, 0.3) is 0 Å². The summed E-state index contributed by atoms with van der Waals surface area (Å²) in [4.78, 5) is 25.8. The largest absolute Gasteiger partial charge is 0.375 e. The highest BCUT2D eigenvalue weighted by Gasteiger charge is 2.31. The van der Waals surface area contributed by atoms with Crippen LogP contribution in [0.15, 0.2) is 0 Å². The summed E-state index contributed by atoms with van der Waals surface area (Å²) in [7, 11) is 0. The second kappa shape index (κ2) is 6.54. The van der Waals surface area contributed by atoms with Crippen molar-refractivity contribution in [3.63, 3.8) is 0 Å². The predicted molar refractivity (Wildman–Crippen MR) is 75.3 cm³/mol. The first-order valence-corrected chi connectivity index (χ1v) is 7.42. The lowest BCUT2D eigenvalue weighted by molar-refractivity contribution is -0.147. The molecule has 2 aliphatic rings. The van der Waals surface area contributed by atoms with Gasteiger partial charge in [-0.25, -0.2) is 0 Å². The number of hydrogen-bond donors (Lipinski definition) is 2. The summed E-state index contributed by atoms with van der Waals surface area (Å²) < 4.78 is 5.62. The summed E-state index contributed by atoms with van der Waals surface area (Å²) in [5.41, 5.74) is -0.230. The van der Waals surface area contributed by atoms with E-state index in [1.54, 1.807) is 4.90 Å². The Kier molecular flexibility index (Phi) is 4.99. The average molecular weight is 283 g/mol. The lowest BCUT2D eigenvalue weighted by atomic mass is 9.94. The summed E-state index contributed by atoms with van der Waals surface area (Å²) >= 11 is 0. The van der Waals surface area contributed by atoms with Crippen LogP contribution in [0.2, 0.25) is 0 Å². The number of rotatable bonds is 1. The van der Waals surface area contributed by atoms with Crippen LogP contribution in [0.3, 0.4) is 0 Å². The molecule has 2 aliphatic heterocycles. The van der Waals surface area contributed by atoms with Crippen LogP contribution in [0.4, 0.5) is 0 Å². The number of nitrogens with zero attached hydrogens (tertiary/aromatic N) is 1. The van der Waals surface area contributed by atoms with Gasteiger partial charge in [0, 0.05) is 32.3 Å². The molecule has 6 heteroatoms. The fourth-order valence-corrected chi connectivity index (χ4v) is 2.79. The Morgan fingerprint density at radius 1 is 1.30 bits per heavy atom. The molecule has 2 fully saturated rings. The van der Waals surface area contributed by atoms with Crippen LogP contribution in [0.5, 0.6) is 0 Å². The van der Waals surface area contributed by atoms with Crippen LogP contribution in [0.1, 0.15) is 33.1 Å². The van der Waals surface area contributed by atoms with E-state index in [-0.39, 0.29) is 11.6 Å². The molecule has 2 amide bonds. The molecule has 2 heterocycles. The number of carbonyl (C=O) groups excluding carboxylic acids is 2. The minimum absolute atomic E-state index is 0.0281. The van der Waals surface area contributed by atoms with E-state index < -0.39 is 11.8 Å². The van der Waals surface area contributed by atoms with Crippen molar-refractivity contribution in [1.29, 1.82) is 0 Å². The van der Waals surface area contributed by atoms with Crippen molar-refractivity contribution in [2.75, 3.05) is 32.8 Å². The molecule has 2 N–H and O–H groups in total. The zero-order valence-electron chi connectivity index (χ0n) is 12.4. The quantitative estimate of drug-likeness (QED) is 0.658. The molecule has 0 bridgehead atoms. The monoisotopic (exact) mass is 283 g/mol. The van der Waals surface area contributed by atoms with Gasteiger partial charge in [-0.15, -0.1) is 0 Å². The molecular weight excluding hydrogens is 258 g/mol. The summed E-state index contributed by atoms with van der Waals surface area (Å²) in [6.07, 6.45) is 2.40. The van der Waals surface area contributed by atoms with Crippen molar-refractivity contribution in [1.82, 2.24) is 15.5 Å². The van der Waals surface area contributed by atoms with Gasteiger partial charge in [0.05, 0.1) is 5.60 Å². The Balaban J connectivity index is 1.85. The van der Waals surface area contributed by atoms with Crippen LogP contribution in [-0.4, -0.2) is 61.1 Å². The molecule has 1 atom stereocenters. The van der Waals surface area contributed by atoms with Crippen LogP contribution < -0.4 is 10.6 Å². The fourth-order valence-electron chi connectivity index (χ4n) is 2.79. The number of carbonyl (C=O) groups is 2. The Hall–Kier alpha value is -1.14. The molecule has 114 valence electrons. The molecule has 0 radical (unpaired) electrons. The van der Waals surface area contributed by atoms with E-state index in [2.05, 4.69) is 10.6 Å². The minimum atomic E-state index is -0.477. The first-order chi connectivity index (χ1) is 9.48. The van der Waals surface area contributed by atoms with Crippen molar-refractivity contribution < 1.29 is 14.3 Å². The third kappa shape index (κ3) is 4.18. The third-order valence-corrected chi connectivity index (χ3v) is 3.85. The third-order valence-electron chi connectivity index (χ3n) is 3.85. The zero-order valence-corrected chi connectivity index (χ0v) is 12.4. The Morgan fingerprint density at radius 2 is 2.10 bits per heavy atom. The number of nitrogens with one attached hydrogen (secondary N) is 2. The van der Waals surface area contributed by atoms with Gasteiger partial charge < -0.3 is 20.3 Å². The SMILES string of the molecule is CC1(C)CC(NC(=O)C(=O)N2CCCNCC2)CCO1. The normalized spacial score (nSPS) is 26.7. The first kappa shape index (κ1) is 15.3. The lowest BCUT2D eigenvalue weighted by Crippen LogP contribution is -2.51. The topological polar surface area (TPSA) is 70.7 Å². The Morgan fingerprint density at radius 3 is 2.85 bits per heavy atom. The van der Waals surface area contributed by atoms with E-state index in [1.807, 2.05) is 13.8 Å². The number of hydrogen-bond acceptors (Lipinski definition) is 4. The van der Waals surface area contributed by atoms with Crippen molar-refractivity contribution in [2.45, 2.75) is 44.8 Å². The predicted octanol–water partition coefficient (Wildman–Crippen LogP) is -0.118. The number of ether oxygens (including phenoxy) is 1. The molecule has 0 aromatic heterocycles. The molecule has 0 saturated carbocycles.